The molecule has 0 aliphatic carbocycles. The largest absolute Gasteiger partial charge is 0.416 e. The minimum absolute atomic E-state index is 0.0390. The number of carbonyl (C=O) groups is 1. The summed E-state index contributed by atoms with van der Waals surface area (Å²) in [6, 6.07) is 10.6. The Labute approximate surface area is 182 Å². The molecule has 4 rings (SSSR count). The fraction of sp³-hybridized carbons (Fsp3) is 0.364. The Hall–Kier alpha value is -3.27. The van der Waals surface area contributed by atoms with Gasteiger partial charge in [-0.05, 0) is 30.7 Å². The quantitative estimate of drug-likeness (QED) is 0.597. The van der Waals surface area contributed by atoms with Gasteiger partial charge in [-0.3, -0.25) is 9.78 Å². The summed E-state index contributed by atoms with van der Waals surface area (Å²) in [7, 11) is 0. The van der Waals surface area contributed by atoms with E-state index in [1.807, 2.05) is 0 Å². The number of carbonyl (C=O) groups excluding carboxylic acids is 1. The molecule has 2 aromatic heterocycles. The van der Waals surface area contributed by atoms with Crippen molar-refractivity contribution in [3.05, 3.63) is 76.4 Å². The molecule has 3 heterocycles. The Morgan fingerprint density at radius 2 is 1.97 bits per heavy atom. The molecule has 10 heteroatoms. The second kappa shape index (κ2) is 9.07. The normalized spacial score (nSPS) is 16.9. The van der Waals surface area contributed by atoms with Crippen molar-refractivity contribution in [2.45, 2.75) is 32.0 Å². The molecule has 0 N–H and O–H groups in total. The zero-order valence-corrected chi connectivity index (χ0v) is 17.3. The first-order valence-corrected chi connectivity index (χ1v) is 10.1. The van der Waals surface area contributed by atoms with Crippen LogP contribution >= 0.6 is 0 Å². The highest BCUT2D eigenvalue weighted by Crippen LogP contribution is 2.33. The van der Waals surface area contributed by atoms with Crippen LogP contribution in [0.5, 0.6) is 0 Å². The third-order valence-electron chi connectivity index (χ3n) is 5.34. The highest BCUT2D eigenvalue weighted by molar-refractivity contribution is 5.78. The lowest BCUT2D eigenvalue weighted by Crippen LogP contribution is -2.43. The number of halogens is 3. The van der Waals surface area contributed by atoms with Crippen LogP contribution < -0.4 is 0 Å². The van der Waals surface area contributed by atoms with E-state index >= 15 is 0 Å². The van der Waals surface area contributed by atoms with Crippen molar-refractivity contribution in [3.8, 4) is 0 Å². The Morgan fingerprint density at radius 1 is 1.16 bits per heavy atom. The number of morpholine rings is 1. The monoisotopic (exact) mass is 446 g/mol. The minimum Gasteiger partial charge on any atom is -0.368 e. The summed E-state index contributed by atoms with van der Waals surface area (Å²) < 4.78 is 50.4. The summed E-state index contributed by atoms with van der Waals surface area (Å²) in [5.74, 6) is -0.132. The van der Waals surface area contributed by atoms with Crippen molar-refractivity contribution in [1.29, 1.82) is 0 Å². The van der Waals surface area contributed by atoms with E-state index in [1.165, 1.54) is 12.1 Å². The van der Waals surface area contributed by atoms with Crippen molar-refractivity contribution in [2.75, 3.05) is 19.7 Å². The predicted molar refractivity (Wildman–Crippen MR) is 106 cm³/mol. The van der Waals surface area contributed by atoms with Crippen LogP contribution in [-0.2, 0) is 28.5 Å². The third-order valence-corrected chi connectivity index (χ3v) is 5.34. The number of benzene rings is 1. The number of pyridine rings is 1. The highest BCUT2D eigenvalue weighted by Gasteiger charge is 2.33. The van der Waals surface area contributed by atoms with E-state index in [9.17, 15) is 18.0 Å². The van der Waals surface area contributed by atoms with Crippen molar-refractivity contribution >= 4 is 5.91 Å². The van der Waals surface area contributed by atoms with Gasteiger partial charge < -0.3 is 9.64 Å². The molecule has 32 heavy (non-hydrogen) atoms. The van der Waals surface area contributed by atoms with E-state index in [0.29, 0.717) is 42.5 Å². The molecule has 0 saturated carbocycles. The van der Waals surface area contributed by atoms with Crippen molar-refractivity contribution < 1.29 is 27.3 Å². The number of nitrogens with zero attached hydrogens (tertiary/aromatic N) is 4. The molecule has 1 saturated heterocycles. The first-order chi connectivity index (χ1) is 15.3. The number of rotatable bonds is 5. The first-order valence-electron chi connectivity index (χ1n) is 10.1. The lowest BCUT2D eigenvalue weighted by atomic mass is 10.0. The van der Waals surface area contributed by atoms with Gasteiger partial charge in [0, 0.05) is 18.7 Å². The minimum atomic E-state index is -4.43. The van der Waals surface area contributed by atoms with Crippen LogP contribution in [0.4, 0.5) is 13.2 Å². The second-order valence-corrected chi connectivity index (χ2v) is 7.56. The number of alkyl halides is 3. The van der Waals surface area contributed by atoms with Gasteiger partial charge in [-0.1, -0.05) is 34.6 Å². The molecule has 1 aliphatic heterocycles. The molecular formula is C22H21F3N4O3. The van der Waals surface area contributed by atoms with Gasteiger partial charge in [0.2, 0.25) is 5.91 Å². The van der Waals surface area contributed by atoms with Gasteiger partial charge in [0.1, 0.15) is 17.5 Å². The number of aromatic nitrogens is 3. The Balaban J connectivity index is 1.47. The molecule has 0 radical (unpaired) electrons. The van der Waals surface area contributed by atoms with Crippen LogP contribution in [-0.4, -0.2) is 45.8 Å². The highest BCUT2D eigenvalue weighted by atomic mass is 19.4. The molecule has 1 aliphatic rings. The Kier molecular flexibility index (Phi) is 6.22. The lowest BCUT2D eigenvalue weighted by molar-refractivity contribution is -0.139. The number of ether oxygens (including phenoxy) is 1. The van der Waals surface area contributed by atoms with Crippen LogP contribution in [0.3, 0.4) is 0 Å². The first kappa shape index (κ1) is 21.9. The summed E-state index contributed by atoms with van der Waals surface area (Å²) >= 11 is 0. The van der Waals surface area contributed by atoms with Gasteiger partial charge in [-0.25, -0.2) is 4.63 Å². The van der Waals surface area contributed by atoms with Crippen LogP contribution in [0.1, 0.15) is 40.0 Å². The molecule has 0 spiro atoms. The van der Waals surface area contributed by atoms with Gasteiger partial charge in [0.15, 0.2) is 0 Å². The van der Waals surface area contributed by atoms with E-state index in [-0.39, 0.29) is 24.3 Å². The van der Waals surface area contributed by atoms with E-state index in [1.54, 1.807) is 36.1 Å². The maximum Gasteiger partial charge on any atom is 0.416 e. The molecule has 1 unspecified atom stereocenters. The van der Waals surface area contributed by atoms with E-state index < -0.39 is 17.8 Å². The Bertz CT molecular complexity index is 1100. The average molecular weight is 446 g/mol. The number of aryl methyl sites for hydroxylation is 1. The molecular weight excluding hydrogens is 425 g/mol. The third kappa shape index (κ3) is 4.96. The molecule has 1 aromatic carbocycles. The van der Waals surface area contributed by atoms with Crippen LogP contribution in [0.2, 0.25) is 0 Å². The average Bonchev–Trinajstić information content (AvgIpc) is 3.18. The fourth-order valence-electron chi connectivity index (χ4n) is 3.64. The smallest absolute Gasteiger partial charge is 0.368 e. The zero-order chi connectivity index (χ0) is 22.7. The van der Waals surface area contributed by atoms with Gasteiger partial charge in [0.05, 0.1) is 30.8 Å². The van der Waals surface area contributed by atoms with E-state index in [0.717, 1.165) is 6.07 Å². The second-order valence-electron chi connectivity index (χ2n) is 7.56. The predicted octanol–water partition coefficient (Wildman–Crippen LogP) is 3.53. The molecule has 168 valence electrons. The summed E-state index contributed by atoms with van der Waals surface area (Å²) in [6.07, 6.45) is -4.79. The Morgan fingerprint density at radius 3 is 2.72 bits per heavy atom. The summed E-state index contributed by atoms with van der Waals surface area (Å²) in [5.41, 5.74) is 1.61. The number of hydrogen-bond donors (Lipinski definition) is 0. The van der Waals surface area contributed by atoms with Gasteiger partial charge in [0.25, 0.3) is 0 Å². The lowest BCUT2D eigenvalue weighted by Gasteiger charge is -2.32. The van der Waals surface area contributed by atoms with Crippen LogP contribution in [0, 0.1) is 6.92 Å². The van der Waals surface area contributed by atoms with E-state index in [4.69, 9.17) is 4.74 Å². The summed E-state index contributed by atoms with van der Waals surface area (Å²) in [4.78, 5) is 18.9. The number of hydrogen-bond acceptors (Lipinski definition) is 6. The van der Waals surface area contributed by atoms with Crippen molar-refractivity contribution in [1.82, 2.24) is 20.2 Å². The maximum absolute atomic E-state index is 13.3. The van der Waals surface area contributed by atoms with E-state index in [2.05, 4.69) is 19.9 Å². The molecule has 1 atom stereocenters. The van der Waals surface area contributed by atoms with Crippen LogP contribution in [0.15, 0.2) is 47.1 Å². The standard InChI is InChI=1S/C22H21F3N4O3/c1-14-19(28-32-27-14)12-21(30)29-9-10-31-20(13-29)18-8-4-6-16(26-18)11-15-5-2-3-7-17(15)22(23,24)25/h2-8,20H,9-13H2,1H3. The molecule has 3 aromatic rings. The van der Waals surface area contributed by atoms with Gasteiger partial charge in [-0.2, -0.15) is 13.2 Å². The number of amides is 1. The topological polar surface area (TPSA) is 81.4 Å². The zero-order valence-electron chi connectivity index (χ0n) is 17.3. The van der Waals surface area contributed by atoms with Crippen LogP contribution in [0.25, 0.3) is 0 Å². The summed E-state index contributed by atoms with van der Waals surface area (Å²) in [5, 5.41) is 7.43. The van der Waals surface area contributed by atoms with Crippen molar-refractivity contribution in [2.24, 2.45) is 0 Å². The SMILES string of the molecule is Cc1nonc1CC(=O)N1CCOC(c2cccc(Cc3ccccc3C(F)(F)F)n2)C1. The summed E-state index contributed by atoms with van der Waals surface area (Å²) in [6.45, 7) is 2.76. The molecule has 0 bridgehead atoms. The fourth-order valence-corrected chi connectivity index (χ4v) is 3.64. The molecule has 7 nitrogen and oxygen atoms in total. The molecule has 1 fully saturated rings. The molecule has 1 amide bonds. The van der Waals surface area contributed by atoms with Gasteiger partial charge in [-0.15, -0.1) is 0 Å². The van der Waals surface area contributed by atoms with Crippen molar-refractivity contribution in [3.63, 3.8) is 0 Å². The maximum atomic E-state index is 13.3. The van der Waals surface area contributed by atoms with Gasteiger partial charge >= 0.3 is 6.18 Å².